The van der Waals surface area contributed by atoms with Crippen LogP contribution in [0.3, 0.4) is 0 Å². The van der Waals surface area contributed by atoms with Crippen molar-refractivity contribution in [2.24, 2.45) is 5.41 Å². The zero-order chi connectivity index (χ0) is 21.4. The van der Waals surface area contributed by atoms with Gasteiger partial charge in [-0.3, -0.25) is 4.79 Å². The number of rotatable bonds is 4. The molecule has 2 saturated heterocycles. The number of carbonyl (C=O) groups excluding carboxylic acids is 1. The molecular formula is C25H27NO5. The molecule has 1 aliphatic carbocycles. The Morgan fingerprint density at radius 2 is 1.65 bits per heavy atom. The van der Waals surface area contributed by atoms with Crippen molar-refractivity contribution in [3.05, 3.63) is 59.7 Å². The maximum atomic E-state index is 13.1. The van der Waals surface area contributed by atoms with E-state index < -0.39 is 12.1 Å². The molecule has 2 fully saturated rings. The predicted octanol–water partition coefficient (Wildman–Crippen LogP) is 4.28. The Balaban J connectivity index is 1.33. The zero-order valence-corrected chi connectivity index (χ0v) is 17.5. The number of ether oxygens (including phenoxy) is 2. The molecule has 31 heavy (non-hydrogen) atoms. The first-order chi connectivity index (χ1) is 15.1. The SMILES string of the molecule is O=C(O)CC1CC2(CCOCC2)CN1C(=O)OCC1c2ccccc2-c2ccccc21. The first-order valence-electron chi connectivity index (χ1n) is 11.0. The summed E-state index contributed by atoms with van der Waals surface area (Å²) < 4.78 is 11.3. The van der Waals surface area contributed by atoms with E-state index in [9.17, 15) is 14.7 Å². The van der Waals surface area contributed by atoms with Gasteiger partial charge in [0.2, 0.25) is 0 Å². The first-order valence-corrected chi connectivity index (χ1v) is 11.0. The van der Waals surface area contributed by atoms with Gasteiger partial charge in [0.15, 0.2) is 0 Å². The summed E-state index contributed by atoms with van der Waals surface area (Å²) in [7, 11) is 0. The smallest absolute Gasteiger partial charge is 0.410 e. The molecule has 6 heteroatoms. The van der Waals surface area contributed by atoms with Gasteiger partial charge in [-0.15, -0.1) is 0 Å². The number of hydrogen-bond donors (Lipinski definition) is 1. The van der Waals surface area contributed by atoms with Crippen LogP contribution in [0.15, 0.2) is 48.5 Å². The molecule has 0 radical (unpaired) electrons. The van der Waals surface area contributed by atoms with E-state index in [4.69, 9.17) is 9.47 Å². The van der Waals surface area contributed by atoms with Crippen molar-refractivity contribution in [3.8, 4) is 11.1 Å². The molecule has 6 nitrogen and oxygen atoms in total. The number of amides is 1. The fourth-order valence-corrected chi connectivity index (χ4v) is 5.61. The zero-order valence-electron chi connectivity index (χ0n) is 17.5. The molecule has 162 valence electrons. The molecular weight excluding hydrogens is 394 g/mol. The van der Waals surface area contributed by atoms with Crippen LogP contribution < -0.4 is 0 Å². The predicted molar refractivity (Wildman–Crippen MR) is 115 cm³/mol. The van der Waals surface area contributed by atoms with Gasteiger partial charge in [-0.1, -0.05) is 48.5 Å². The van der Waals surface area contributed by atoms with Gasteiger partial charge in [0.25, 0.3) is 0 Å². The normalized spacial score (nSPS) is 21.7. The standard InChI is InChI=1S/C25H27NO5/c27-23(28)13-17-14-25(9-11-30-12-10-25)16-26(17)24(29)31-15-22-20-7-3-1-5-18(20)19-6-2-4-8-21(19)22/h1-8,17,22H,9-16H2,(H,27,28). The fraction of sp³-hybridized carbons (Fsp3) is 0.440. The average molecular weight is 421 g/mol. The molecule has 0 bridgehead atoms. The lowest BCUT2D eigenvalue weighted by Gasteiger charge is -2.32. The van der Waals surface area contributed by atoms with E-state index >= 15 is 0 Å². The summed E-state index contributed by atoms with van der Waals surface area (Å²) in [6, 6.07) is 16.1. The highest BCUT2D eigenvalue weighted by molar-refractivity contribution is 5.79. The molecule has 3 aliphatic rings. The Morgan fingerprint density at radius 3 is 2.26 bits per heavy atom. The van der Waals surface area contributed by atoms with E-state index in [1.165, 1.54) is 22.3 Å². The maximum absolute atomic E-state index is 13.1. The number of carboxylic acids is 1. The van der Waals surface area contributed by atoms with Gasteiger partial charge in [-0.05, 0) is 46.9 Å². The number of carbonyl (C=O) groups is 2. The number of hydrogen-bond acceptors (Lipinski definition) is 4. The van der Waals surface area contributed by atoms with Gasteiger partial charge in [-0.2, -0.15) is 0 Å². The molecule has 1 unspecified atom stereocenters. The third-order valence-corrected chi connectivity index (χ3v) is 7.15. The van der Waals surface area contributed by atoms with E-state index in [-0.39, 0.29) is 30.4 Å². The molecule has 2 aliphatic heterocycles. The number of aliphatic carboxylic acids is 1. The molecule has 2 heterocycles. The minimum atomic E-state index is -0.884. The Labute approximate surface area is 181 Å². The van der Waals surface area contributed by atoms with Crippen LogP contribution in [0.25, 0.3) is 11.1 Å². The molecule has 1 amide bonds. The van der Waals surface area contributed by atoms with Crippen molar-refractivity contribution in [2.75, 3.05) is 26.4 Å². The van der Waals surface area contributed by atoms with Crippen molar-refractivity contribution in [2.45, 2.75) is 37.6 Å². The highest BCUT2D eigenvalue weighted by Crippen LogP contribution is 2.46. The maximum Gasteiger partial charge on any atom is 0.410 e. The van der Waals surface area contributed by atoms with Crippen LogP contribution in [-0.4, -0.2) is 54.5 Å². The molecule has 0 aromatic heterocycles. The van der Waals surface area contributed by atoms with Gasteiger partial charge in [-0.25, -0.2) is 4.79 Å². The van der Waals surface area contributed by atoms with Crippen molar-refractivity contribution >= 4 is 12.1 Å². The summed E-state index contributed by atoms with van der Waals surface area (Å²) in [6.45, 7) is 2.13. The summed E-state index contributed by atoms with van der Waals surface area (Å²) in [5.74, 6) is -0.889. The lowest BCUT2D eigenvalue weighted by Crippen LogP contribution is -2.39. The Kier molecular flexibility index (Phi) is 5.18. The highest BCUT2D eigenvalue weighted by atomic mass is 16.6. The molecule has 1 spiro atoms. The minimum Gasteiger partial charge on any atom is -0.481 e. The van der Waals surface area contributed by atoms with Crippen LogP contribution in [0, 0.1) is 5.41 Å². The van der Waals surface area contributed by atoms with Crippen LogP contribution in [0.1, 0.15) is 42.7 Å². The molecule has 0 saturated carbocycles. The van der Waals surface area contributed by atoms with Crippen LogP contribution in [0.2, 0.25) is 0 Å². The van der Waals surface area contributed by atoms with E-state index in [2.05, 4.69) is 24.3 Å². The second-order valence-corrected chi connectivity index (χ2v) is 9.00. The number of fused-ring (bicyclic) bond motifs is 3. The van der Waals surface area contributed by atoms with Crippen molar-refractivity contribution in [3.63, 3.8) is 0 Å². The lowest BCUT2D eigenvalue weighted by atomic mass is 9.78. The summed E-state index contributed by atoms with van der Waals surface area (Å²) in [5, 5.41) is 9.38. The van der Waals surface area contributed by atoms with E-state index in [1.807, 2.05) is 24.3 Å². The molecule has 1 N–H and O–H groups in total. The van der Waals surface area contributed by atoms with E-state index in [1.54, 1.807) is 4.90 Å². The fourth-order valence-electron chi connectivity index (χ4n) is 5.61. The second kappa shape index (κ2) is 8.00. The summed E-state index contributed by atoms with van der Waals surface area (Å²) in [5.41, 5.74) is 4.65. The minimum absolute atomic E-state index is 0.00563. The first kappa shape index (κ1) is 20.1. The third kappa shape index (κ3) is 3.69. The number of carboxylic acid groups (broad SMARTS) is 1. The van der Waals surface area contributed by atoms with Crippen LogP contribution >= 0.6 is 0 Å². The van der Waals surface area contributed by atoms with Gasteiger partial charge >= 0.3 is 12.1 Å². The van der Waals surface area contributed by atoms with Crippen molar-refractivity contribution in [1.82, 2.24) is 4.90 Å². The molecule has 2 aromatic carbocycles. The monoisotopic (exact) mass is 421 g/mol. The summed E-state index contributed by atoms with van der Waals surface area (Å²) in [4.78, 5) is 26.2. The number of likely N-dealkylation sites (tertiary alicyclic amines) is 1. The largest absolute Gasteiger partial charge is 0.481 e. The summed E-state index contributed by atoms with van der Waals surface area (Å²) in [6.07, 6.45) is 1.96. The lowest BCUT2D eigenvalue weighted by molar-refractivity contribution is -0.138. The van der Waals surface area contributed by atoms with Crippen LogP contribution in [-0.2, 0) is 14.3 Å². The van der Waals surface area contributed by atoms with Crippen LogP contribution in [0.5, 0.6) is 0 Å². The Morgan fingerprint density at radius 1 is 1.03 bits per heavy atom. The molecule has 1 atom stereocenters. The van der Waals surface area contributed by atoms with E-state index in [0.717, 1.165) is 12.8 Å². The van der Waals surface area contributed by atoms with Gasteiger partial charge in [0.1, 0.15) is 6.61 Å². The summed E-state index contributed by atoms with van der Waals surface area (Å²) >= 11 is 0. The highest BCUT2D eigenvalue weighted by Gasteiger charge is 2.47. The Hall–Kier alpha value is -2.86. The third-order valence-electron chi connectivity index (χ3n) is 7.15. The number of nitrogens with zero attached hydrogens (tertiary/aromatic N) is 1. The van der Waals surface area contributed by atoms with Crippen LogP contribution in [0.4, 0.5) is 4.79 Å². The van der Waals surface area contributed by atoms with E-state index in [0.29, 0.717) is 26.2 Å². The molecule has 5 rings (SSSR count). The topological polar surface area (TPSA) is 76.1 Å². The van der Waals surface area contributed by atoms with Gasteiger partial charge < -0.3 is 19.5 Å². The molecule has 2 aromatic rings. The van der Waals surface area contributed by atoms with Gasteiger partial charge in [0, 0.05) is 31.7 Å². The number of benzene rings is 2. The van der Waals surface area contributed by atoms with Crippen molar-refractivity contribution < 1.29 is 24.2 Å². The van der Waals surface area contributed by atoms with Gasteiger partial charge in [0.05, 0.1) is 6.42 Å². The van der Waals surface area contributed by atoms with Crippen molar-refractivity contribution in [1.29, 1.82) is 0 Å². The second-order valence-electron chi connectivity index (χ2n) is 9.00. The quantitative estimate of drug-likeness (QED) is 0.797. The average Bonchev–Trinajstić information content (AvgIpc) is 3.28. The Bertz CT molecular complexity index is 951.